The lowest BCUT2D eigenvalue weighted by atomic mass is 9.93. The highest BCUT2D eigenvalue weighted by Crippen LogP contribution is 2.41. The molecule has 2 heterocycles. The number of carbonyl (C=O) groups excluding carboxylic acids is 2. The van der Waals surface area contributed by atoms with E-state index in [1.807, 2.05) is 13.8 Å². The van der Waals surface area contributed by atoms with Crippen LogP contribution in [0.15, 0.2) is 40.5 Å². The molecule has 2 aliphatic heterocycles. The Morgan fingerprint density at radius 3 is 2.85 bits per heavy atom. The molecule has 3 rings (SSSR count). The number of thioether (sulfide) groups is 1. The van der Waals surface area contributed by atoms with E-state index in [9.17, 15) is 14.0 Å². The van der Waals surface area contributed by atoms with Crippen molar-refractivity contribution in [1.29, 1.82) is 0 Å². The van der Waals surface area contributed by atoms with Gasteiger partial charge < -0.3 is 4.74 Å². The maximum Gasteiger partial charge on any atom is 0.338 e. The van der Waals surface area contributed by atoms with Gasteiger partial charge in [-0.05, 0) is 18.9 Å². The van der Waals surface area contributed by atoms with Crippen LogP contribution >= 0.6 is 11.8 Å². The Bertz CT molecular complexity index is 804. The quantitative estimate of drug-likeness (QED) is 0.752. The van der Waals surface area contributed by atoms with Crippen molar-refractivity contribution >= 4 is 28.8 Å². The summed E-state index contributed by atoms with van der Waals surface area (Å²) in [5.74, 6) is -0.405. The molecule has 0 N–H and O–H groups in total. The number of halogens is 1. The minimum absolute atomic E-state index is 0.168. The van der Waals surface area contributed by atoms with Crippen LogP contribution in [0, 0.1) is 11.7 Å². The summed E-state index contributed by atoms with van der Waals surface area (Å²) in [4.78, 5) is 31.2. The molecule has 26 heavy (non-hydrogen) atoms. The van der Waals surface area contributed by atoms with E-state index < -0.39 is 17.8 Å². The number of ether oxygens (including phenoxy) is 1. The summed E-state index contributed by atoms with van der Waals surface area (Å²) in [5.41, 5.74) is 0.947. The molecule has 2 aliphatic rings. The topological polar surface area (TPSA) is 59.0 Å². The molecule has 1 fully saturated rings. The molecule has 1 saturated heterocycles. The van der Waals surface area contributed by atoms with Gasteiger partial charge >= 0.3 is 5.97 Å². The molecule has 1 atom stereocenters. The van der Waals surface area contributed by atoms with Crippen LogP contribution in [-0.4, -0.2) is 34.3 Å². The number of allylic oxidation sites excluding steroid dienone is 1. The highest BCUT2D eigenvalue weighted by molar-refractivity contribution is 8.14. The van der Waals surface area contributed by atoms with Gasteiger partial charge in [-0.3, -0.25) is 9.69 Å². The van der Waals surface area contributed by atoms with Crippen LogP contribution in [0.4, 0.5) is 4.39 Å². The third kappa shape index (κ3) is 3.53. The van der Waals surface area contributed by atoms with Gasteiger partial charge in [-0.2, -0.15) is 0 Å². The number of rotatable bonds is 4. The van der Waals surface area contributed by atoms with Crippen LogP contribution < -0.4 is 0 Å². The molecule has 0 radical (unpaired) electrons. The first-order chi connectivity index (χ1) is 12.4. The zero-order valence-corrected chi connectivity index (χ0v) is 15.8. The summed E-state index contributed by atoms with van der Waals surface area (Å²) in [6.45, 7) is 5.82. The van der Waals surface area contributed by atoms with Crippen LogP contribution in [0.3, 0.4) is 0 Å². The van der Waals surface area contributed by atoms with Gasteiger partial charge in [0.05, 0.1) is 17.9 Å². The van der Waals surface area contributed by atoms with E-state index in [-0.39, 0.29) is 29.6 Å². The van der Waals surface area contributed by atoms with E-state index in [2.05, 4.69) is 4.99 Å². The number of carbonyl (C=O) groups is 2. The standard InChI is InChI=1S/C19H21FN2O3S/c1-11(2)10-25-18(24)16-12(3)21-19-22(15(23)8-9-26-19)17(16)13-6-4-5-7-14(13)20/h4-7,11,17H,8-10H2,1-3H3/t17-/m0/s1. The average molecular weight is 376 g/mol. The van der Waals surface area contributed by atoms with Gasteiger partial charge in [0.15, 0.2) is 5.17 Å². The third-order valence-electron chi connectivity index (χ3n) is 4.17. The Balaban J connectivity index is 2.10. The monoisotopic (exact) mass is 376 g/mol. The fraction of sp³-hybridized carbons (Fsp3) is 0.421. The molecule has 0 aliphatic carbocycles. The van der Waals surface area contributed by atoms with Crippen LogP contribution in [0.2, 0.25) is 0 Å². The van der Waals surface area contributed by atoms with Crippen LogP contribution in [-0.2, 0) is 14.3 Å². The number of benzene rings is 1. The minimum atomic E-state index is -0.858. The number of amides is 1. The number of esters is 1. The molecule has 7 heteroatoms. The molecule has 0 saturated carbocycles. The van der Waals surface area contributed by atoms with Crippen molar-refractivity contribution in [2.24, 2.45) is 10.9 Å². The lowest BCUT2D eigenvalue weighted by molar-refractivity contribution is -0.141. The summed E-state index contributed by atoms with van der Waals surface area (Å²) in [6.07, 6.45) is 0.321. The predicted octanol–water partition coefficient (Wildman–Crippen LogP) is 3.68. The second kappa shape index (κ2) is 7.61. The fourth-order valence-electron chi connectivity index (χ4n) is 2.97. The number of hydrogen-bond acceptors (Lipinski definition) is 5. The van der Waals surface area contributed by atoms with Crippen molar-refractivity contribution in [3.63, 3.8) is 0 Å². The summed E-state index contributed by atoms with van der Waals surface area (Å²) >= 11 is 1.44. The lowest BCUT2D eigenvalue weighted by Crippen LogP contribution is -2.46. The van der Waals surface area contributed by atoms with E-state index in [1.54, 1.807) is 25.1 Å². The molecular formula is C19H21FN2O3S. The zero-order chi connectivity index (χ0) is 18.8. The molecule has 0 spiro atoms. The summed E-state index contributed by atoms with van der Waals surface area (Å²) in [7, 11) is 0. The predicted molar refractivity (Wildman–Crippen MR) is 99.0 cm³/mol. The van der Waals surface area contributed by atoms with E-state index in [0.29, 0.717) is 23.0 Å². The van der Waals surface area contributed by atoms with E-state index in [4.69, 9.17) is 4.74 Å². The van der Waals surface area contributed by atoms with Crippen molar-refractivity contribution < 1.29 is 18.7 Å². The molecule has 0 unspecified atom stereocenters. The van der Waals surface area contributed by atoms with Crippen LogP contribution in [0.5, 0.6) is 0 Å². The van der Waals surface area contributed by atoms with Crippen molar-refractivity contribution in [1.82, 2.24) is 4.90 Å². The summed E-state index contributed by atoms with van der Waals surface area (Å²) < 4.78 is 20.0. The highest BCUT2D eigenvalue weighted by atomic mass is 32.2. The third-order valence-corrected chi connectivity index (χ3v) is 5.13. The van der Waals surface area contributed by atoms with Crippen LogP contribution in [0.1, 0.15) is 38.8 Å². The first-order valence-electron chi connectivity index (χ1n) is 8.56. The summed E-state index contributed by atoms with van der Waals surface area (Å²) in [5, 5.41) is 0.507. The maximum atomic E-state index is 14.6. The minimum Gasteiger partial charge on any atom is -0.462 e. The highest BCUT2D eigenvalue weighted by Gasteiger charge is 2.42. The van der Waals surface area contributed by atoms with Crippen molar-refractivity contribution in [2.45, 2.75) is 33.2 Å². The molecule has 1 amide bonds. The van der Waals surface area contributed by atoms with Crippen molar-refractivity contribution in [2.75, 3.05) is 12.4 Å². The lowest BCUT2D eigenvalue weighted by Gasteiger charge is -2.39. The second-order valence-electron chi connectivity index (χ2n) is 6.67. The molecule has 5 nitrogen and oxygen atoms in total. The average Bonchev–Trinajstić information content (AvgIpc) is 2.59. The summed E-state index contributed by atoms with van der Waals surface area (Å²) in [6, 6.07) is 5.34. The van der Waals surface area contributed by atoms with Gasteiger partial charge in [0, 0.05) is 17.7 Å². The smallest absolute Gasteiger partial charge is 0.338 e. The second-order valence-corrected chi connectivity index (χ2v) is 7.73. The Labute approximate surface area is 156 Å². The Morgan fingerprint density at radius 2 is 2.15 bits per heavy atom. The van der Waals surface area contributed by atoms with Gasteiger partial charge in [-0.25, -0.2) is 14.2 Å². The fourth-order valence-corrected chi connectivity index (χ4v) is 3.98. The van der Waals surface area contributed by atoms with Gasteiger partial charge in [0.1, 0.15) is 11.9 Å². The number of nitrogens with zero attached hydrogens (tertiary/aromatic N) is 2. The largest absolute Gasteiger partial charge is 0.462 e. The number of hydrogen-bond donors (Lipinski definition) is 0. The Kier molecular flexibility index (Phi) is 5.46. The number of fused-ring (bicyclic) bond motifs is 1. The van der Waals surface area contributed by atoms with Gasteiger partial charge in [-0.15, -0.1) is 0 Å². The molecule has 1 aromatic rings. The Morgan fingerprint density at radius 1 is 1.42 bits per heavy atom. The Hall–Kier alpha value is -2.15. The molecular weight excluding hydrogens is 355 g/mol. The van der Waals surface area contributed by atoms with Crippen molar-refractivity contribution in [3.8, 4) is 0 Å². The SMILES string of the molecule is CC1=C(C(=O)OCC(C)C)[C@H](c2ccccc2F)N2C(=O)CCSC2=N1. The number of aliphatic imine (C=N–C) groups is 1. The van der Waals surface area contributed by atoms with Gasteiger partial charge in [-0.1, -0.05) is 43.8 Å². The van der Waals surface area contributed by atoms with Gasteiger partial charge in [0.2, 0.25) is 5.91 Å². The van der Waals surface area contributed by atoms with E-state index in [0.717, 1.165) is 0 Å². The van der Waals surface area contributed by atoms with Gasteiger partial charge in [0.25, 0.3) is 0 Å². The van der Waals surface area contributed by atoms with E-state index in [1.165, 1.54) is 22.7 Å². The maximum absolute atomic E-state index is 14.6. The van der Waals surface area contributed by atoms with Crippen LogP contribution in [0.25, 0.3) is 0 Å². The first kappa shape index (κ1) is 18.6. The van der Waals surface area contributed by atoms with Crippen molar-refractivity contribution in [3.05, 3.63) is 46.9 Å². The zero-order valence-electron chi connectivity index (χ0n) is 15.0. The molecule has 0 aromatic heterocycles. The first-order valence-corrected chi connectivity index (χ1v) is 9.54. The molecule has 138 valence electrons. The normalized spacial score (nSPS) is 20.2. The van der Waals surface area contributed by atoms with E-state index >= 15 is 0 Å². The molecule has 1 aromatic carbocycles. The molecule has 0 bridgehead atoms. The number of amidine groups is 1.